The monoisotopic (exact) mass is 1040 g/mol. The lowest BCUT2D eigenvalue weighted by atomic mass is 10.1. The van der Waals surface area contributed by atoms with Crippen molar-refractivity contribution in [1.29, 1.82) is 0 Å². The average molecular weight is 1040 g/mol. The Kier molecular flexibility index (Phi) is 59.3. The predicted molar refractivity (Wildman–Crippen MR) is 325 cm³/mol. The molecule has 0 heterocycles. The van der Waals surface area contributed by atoms with Gasteiger partial charge < -0.3 is 14.2 Å². The van der Waals surface area contributed by atoms with Gasteiger partial charge in [-0.25, -0.2) is 0 Å². The van der Waals surface area contributed by atoms with Crippen molar-refractivity contribution < 1.29 is 28.6 Å². The van der Waals surface area contributed by atoms with E-state index in [9.17, 15) is 14.4 Å². The highest BCUT2D eigenvalue weighted by Gasteiger charge is 2.19. The van der Waals surface area contributed by atoms with E-state index in [0.29, 0.717) is 19.3 Å². The molecule has 0 aliphatic heterocycles. The quantitative estimate of drug-likeness (QED) is 0.0261. The molecule has 1 unspecified atom stereocenters. The first-order valence-electron chi connectivity index (χ1n) is 31.4. The molecule has 0 saturated heterocycles. The Morgan fingerprint density at radius 3 is 0.827 bits per heavy atom. The summed E-state index contributed by atoms with van der Waals surface area (Å²) in [5, 5.41) is 0. The van der Waals surface area contributed by atoms with Crippen LogP contribution in [0.3, 0.4) is 0 Å². The molecule has 0 spiro atoms. The first kappa shape index (κ1) is 71.1. The van der Waals surface area contributed by atoms with Crippen molar-refractivity contribution in [3.05, 3.63) is 109 Å². The molecule has 6 heteroatoms. The zero-order chi connectivity index (χ0) is 54.3. The van der Waals surface area contributed by atoms with E-state index < -0.39 is 6.10 Å². The Bertz CT molecular complexity index is 1520. The Morgan fingerprint density at radius 2 is 0.520 bits per heavy atom. The summed E-state index contributed by atoms with van der Waals surface area (Å²) in [6.07, 6.45) is 85.4. The van der Waals surface area contributed by atoms with Gasteiger partial charge in [0.15, 0.2) is 6.10 Å². The molecule has 0 aliphatic carbocycles. The molecule has 0 fully saturated rings. The van der Waals surface area contributed by atoms with Gasteiger partial charge in [-0.15, -0.1) is 0 Å². The summed E-state index contributed by atoms with van der Waals surface area (Å²) in [5.74, 6) is -0.902. The van der Waals surface area contributed by atoms with Crippen LogP contribution < -0.4 is 0 Å². The fraction of sp³-hybridized carbons (Fsp3) is 0.696. The molecule has 75 heavy (non-hydrogen) atoms. The number of esters is 3. The summed E-state index contributed by atoms with van der Waals surface area (Å²) in [6.45, 7) is 6.48. The van der Waals surface area contributed by atoms with Gasteiger partial charge in [-0.3, -0.25) is 14.4 Å². The Balaban J connectivity index is 4.19. The standard InChI is InChI=1S/C69H116O6/c1-4-7-10-13-16-18-20-22-24-26-28-29-30-31-32-33-34-35-36-37-38-39-41-42-44-46-48-50-53-56-59-62-68(71)74-65-66(64-73-67(70)61-58-55-52-15-12-9-6-3)75-69(72)63-60-57-54-51-49-47-45-43-40-27-25-23-21-19-17-14-11-8-5-2/h7,10,16,18,22-25,28-29,31-32,34-35,37-38,41-42,66H,4-6,8-9,11-15,17,19-21,26-27,30,33,36,39-40,43-65H2,1-3H3/b10-7-,18-16-,24-22-,25-23-,29-28-,32-31-,35-34-,38-37-,42-41-. The molecular weight excluding hydrogens is 925 g/mol. The van der Waals surface area contributed by atoms with E-state index in [4.69, 9.17) is 14.2 Å². The maximum atomic E-state index is 12.8. The van der Waals surface area contributed by atoms with E-state index in [-0.39, 0.29) is 31.1 Å². The van der Waals surface area contributed by atoms with E-state index in [2.05, 4.69) is 130 Å². The molecule has 428 valence electrons. The van der Waals surface area contributed by atoms with E-state index >= 15 is 0 Å². The lowest BCUT2D eigenvalue weighted by molar-refractivity contribution is -0.167. The van der Waals surface area contributed by atoms with Crippen LogP contribution in [0.2, 0.25) is 0 Å². The summed E-state index contributed by atoms with van der Waals surface area (Å²) in [4.78, 5) is 38.0. The van der Waals surface area contributed by atoms with E-state index in [0.717, 1.165) is 122 Å². The first-order chi connectivity index (χ1) is 37.0. The van der Waals surface area contributed by atoms with Crippen molar-refractivity contribution in [2.24, 2.45) is 0 Å². The second-order valence-corrected chi connectivity index (χ2v) is 20.6. The third kappa shape index (κ3) is 60.8. The van der Waals surface area contributed by atoms with Crippen LogP contribution in [0.15, 0.2) is 109 Å². The normalized spacial score (nSPS) is 12.8. The van der Waals surface area contributed by atoms with Crippen molar-refractivity contribution in [3.63, 3.8) is 0 Å². The molecule has 1 atom stereocenters. The predicted octanol–water partition coefficient (Wildman–Crippen LogP) is 21.4. The van der Waals surface area contributed by atoms with Crippen molar-refractivity contribution in [1.82, 2.24) is 0 Å². The molecule has 0 aliphatic rings. The number of hydrogen-bond donors (Lipinski definition) is 0. The van der Waals surface area contributed by atoms with Crippen molar-refractivity contribution >= 4 is 17.9 Å². The van der Waals surface area contributed by atoms with Gasteiger partial charge in [0.1, 0.15) is 13.2 Å². The molecule has 0 bridgehead atoms. The highest BCUT2D eigenvalue weighted by molar-refractivity contribution is 5.71. The van der Waals surface area contributed by atoms with Crippen LogP contribution in [0, 0.1) is 0 Å². The second kappa shape index (κ2) is 62.6. The van der Waals surface area contributed by atoms with E-state index in [1.807, 2.05) is 0 Å². The van der Waals surface area contributed by atoms with Crippen LogP contribution in [0.1, 0.15) is 290 Å². The number of hydrogen-bond acceptors (Lipinski definition) is 6. The molecule has 0 amide bonds. The van der Waals surface area contributed by atoms with Gasteiger partial charge in [-0.2, -0.15) is 0 Å². The summed E-state index contributed by atoms with van der Waals surface area (Å²) in [5.41, 5.74) is 0. The summed E-state index contributed by atoms with van der Waals surface area (Å²) in [7, 11) is 0. The van der Waals surface area contributed by atoms with E-state index in [1.54, 1.807) is 0 Å². The zero-order valence-corrected chi connectivity index (χ0v) is 49.0. The number of unbranched alkanes of at least 4 members (excludes halogenated alkanes) is 27. The van der Waals surface area contributed by atoms with Crippen molar-refractivity contribution in [2.75, 3.05) is 13.2 Å². The van der Waals surface area contributed by atoms with Crippen LogP contribution in [0.25, 0.3) is 0 Å². The SMILES string of the molecule is CC/C=C\C/C=C\C/C=C\C/C=C\C/C=C\C/C=C\C/C=C\C/C=C\CCCCCCCCC(=O)OCC(COC(=O)CCCCCCCCC)OC(=O)CCCCCCCCCCC/C=C\CCCCCCCC. The van der Waals surface area contributed by atoms with Crippen LogP contribution in [-0.4, -0.2) is 37.2 Å². The minimum absolute atomic E-state index is 0.0825. The lowest BCUT2D eigenvalue weighted by Gasteiger charge is -2.18. The van der Waals surface area contributed by atoms with Gasteiger partial charge in [-0.05, 0) is 109 Å². The third-order valence-corrected chi connectivity index (χ3v) is 13.3. The minimum atomic E-state index is -0.784. The molecule has 0 aromatic rings. The summed E-state index contributed by atoms with van der Waals surface area (Å²) >= 11 is 0. The van der Waals surface area contributed by atoms with E-state index in [1.165, 1.54) is 128 Å². The smallest absolute Gasteiger partial charge is 0.306 e. The molecule has 0 radical (unpaired) electrons. The van der Waals surface area contributed by atoms with Gasteiger partial charge in [0.2, 0.25) is 0 Å². The van der Waals surface area contributed by atoms with Gasteiger partial charge in [0.05, 0.1) is 0 Å². The number of allylic oxidation sites excluding steroid dienone is 18. The van der Waals surface area contributed by atoms with Crippen molar-refractivity contribution in [3.8, 4) is 0 Å². The van der Waals surface area contributed by atoms with Gasteiger partial charge in [0, 0.05) is 19.3 Å². The molecule has 0 saturated carbocycles. The Morgan fingerprint density at radius 1 is 0.280 bits per heavy atom. The Labute approximate surface area is 463 Å². The largest absolute Gasteiger partial charge is 0.462 e. The molecule has 6 nitrogen and oxygen atoms in total. The number of ether oxygens (including phenoxy) is 3. The third-order valence-electron chi connectivity index (χ3n) is 13.3. The highest BCUT2D eigenvalue weighted by Crippen LogP contribution is 2.15. The molecule has 0 N–H and O–H groups in total. The van der Waals surface area contributed by atoms with Crippen LogP contribution in [0.4, 0.5) is 0 Å². The fourth-order valence-corrected chi connectivity index (χ4v) is 8.57. The highest BCUT2D eigenvalue weighted by atomic mass is 16.6. The Hall–Kier alpha value is -3.93. The molecule has 0 rings (SSSR count). The maximum absolute atomic E-state index is 12.8. The maximum Gasteiger partial charge on any atom is 0.306 e. The first-order valence-corrected chi connectivity index (χ1v) is 31.4. The molecule has 0 aromatic carbocycles. The van der Waals surface area contributed by atoms with Crippen LogP contribution in [0.5, 0.6) is 0 Å². The summed E-state index contributed by atoms with van der Waals surface area (Å²) in [6, 6.07) is 0. The van der Waals surface area contributed by atoms with Crippen LogP contribution >= 0.6 is 0 Å². The van der Waals surface area contributed by atoms with Gasteiger partial charge >= 0.3 is 17.9 Å². The number of carbonyl (C=O) groups is 3. The van der Waals surface area contributed by atoms with Crippen LogP contribution in [-0.2, 0) is 28.6 Å². The topological polar surface area (TPSA) is 78.9 Å². The second-order valence-electron chi connectivity index (χ2n) is 20.6. The van der Waals surface area contributed by atoms with Gasteiger partial charge in [-0.1, -0.05) is 271 Å². The molecule has 0 aromatic heterocycles. The molecular formula is C69H116O6. The minimum Gasteiger partial charge on any atom is -0.462 e. The van der Waals surface area contributed by atoms with Gasteiger partial charge in [0.25, 0.3) is 0 Å². The summed E-state index contributed by atoms with van der Waals surface area (Å²) < 4.78 is 16.8. The average Bonchev–Trinajstić information content (AvgIpc) is 3.41. The number of rotatable bonds is 56. The zero-order valence-electron chi connectivity index (χ0n) is 49.0. The fourth-order valence-electron chi connectivity index (χ4n) is 8.57. The van der Waals surface area contributed by atoms with Crippen molar-refractivity contribution in [2.45, 2.75) is 297 Å². The lowest BCUT2D eigenvalue weighted by Crippen LogP contribution is -2.30. The number of carbonyl (C=O) groups excluding carboxylic acids is 3.